The second kappa shape index (κ2) is 5.85. The van der Waals surface area contributed by atoms with Crippen LogP contribution < -0.4 is 0 Å². The van der Waals surface area contributed by atoms with E-state index in [0.717, 1.165) is 0 Å². The molecule has 1 aromatic heterocycles. The smallest absolute Gasteiger partial charge is 0.228 e. The quantitative estimate of drug-likeness (QED) is 0.727. The second-order valence-corrected chi connectivity index (χ2v) is 4.98. The molecule has 0 N–H and O–H groups in total. The first-order chi connectivity index (χ1) is 9.52. The molecule has 20 heavy (non-hydrogen) atoms. The lowest BCUT2D eigenvalue weighted by atomic mass is 10.1. The number of hydrogen-bond acceptors (Lipinski definition) is 5. The molecule has 0 spiro atoms. The third-order valence-corrected chi connectivity index (χ3v) is 3.42. The van der Waals surface area contributed by atoms with E-state index in [9.17, 15) is 9.59 Å². The first-order valence-electron chi connectivity index (χ1n) is 6.44. The van der Waals surface area contributed by atoms with Crippen molar-refractivity contribution in [2.24, 2.45) is 5.92 Å². The van der Waals surface area contributed by atoms with Gasteiger partial charge >= 0.3 is 0 Å². The average Bonchev–Trinajstić information content (AvgIpc) is 2.97. The number of likely N-dealkylation sites (tertiary alicyclic amines) is 1. The Kier molecular flexibility index (Phi) is 4.16. The van der Waals surface area contributed by atoms with E-state index < -0.39 is 0 Å². The summed E-state index contributed by atoms with van der Waals surface area (Å²) in [5.74, 6) is -0.365. The largest absolute Gasteiger partial charge is 0.339 e. The topological polar surface area (TPSA) is 79.5 Å². The van der Waals surface area contributed by atoms with Crippen molar-refractivity contribution in [2.75, 3.05) is 20.1 Å². The van der Waals surface area contributed by atoms with Crippen molar-refractivity contribution in [1.29, 1.82) is 0 Å². The van der Waals surface area contributed by atoms with Crippen molar-refractivity contribution in [3.63, 3.8) is 0 Å². The predicted octanol–water partition coefficient (Wildman–Crippen LogP) is 0.371. The van der Waals surface area contributed by atoms with Gasteiger partial charge in [-0.15, -0.1) is 6.58 Å². The summed E-state index contributed by atoms with van der Waals surface area (Å²) in [6, 6.07) is 0. The van der Waals surface area contributed by atoms with Gasteiger partial charge in [0.1, 0.15) is 11.4 Å². The van der Waals surface area contributed by atoms with Crippen molar-refractivity contribution >= 4 is 11.8 Å². The van der Waals surface area contributed by atoms with E-state index in [1.807, 2.05) is 0 Å². The normalized spacial score (nSPS) is 18.4. The molecule has 1 saturated heterocycles. The van der Waals surface area contributed by atoms with Crippen LogP contribution in [-0.2, 0) is 16.1 Å². The Hall–Kier alpha value is -2.18. The maximum atomic E-state index is 12.3. The molecular weight excluding hydrogens is 260 g/mol. The third-order valence-electron chi connectivity index (χ3n) is 3.42. The molecule has 2 heterocycles. The summed E-state index contributed by atoms with van der Waals surface area (Å²) < 4.78 is 4.61. The highest BCUT2D eigenvalue weighted by molar-refractivity contribution is 5.89. The molecule has 1 aliphatic heterocycles. The van der Waals surface area contributed by atoms with Gasteiger partial charge in [-0.1, -0.05) is 16.4 Å². The first kappa shape index (κ1) is 14.2. The number of nitrogens with zero attached hydrogens (tertiary/aromatic N) is 4. The van der Waals surface area contributed by atoms with Gasteiger partial charge in [-0.3, -0.25) is 9.59 Å². The fourth-order valence-corrected chi connectivity index (χ4v) is 2.28. The molecule has 1 fully saturated rings. The van der Waals surface area contributed by atoms with Crippen molar-refractivity contribution in [3.8, 4) is 0 Å². The number of carbonyl (C=O) groups is 2. The molecule has 0 aliphatic carbocycles. The average molecular weight is 278 g/mol. The van der Waals surface area contributed by atoms with Gasteiger partial charge in [-0.25, -0.2) is 4.63 Å². The highest BCUT2D eigenvalue weighted by Crippen LogP contribution is 2.20. The third kappa shape index (κ3) is 2.87. The van der Waals surface area contributed by atoms with Gasteiger partial charge in [0.2, 0.25) is 11.8 Å². The van der Waals surface area contributed by atoms with Crippen LogP contribution in [-0.4, -0.2) is 52.1 Å². The van der Waals surface area contributed by atoms with E-state index in [4.69, 9.17) is 0 Å². The zero-order chi connectivity index (χ0) is 14.7. The van der Waals surface area contributed by atoms with E-state index in [1.54, 1.807) is 29.8 Å². The monoisotopic (exact) mass is 278 g/mol. The fourth-order valence-electron chi connectivity index (χ4n) is 2.28. The van der Waals surface area contributed by atoms with E-state index in [0.29, 0.717) is 31.0 Å². The van der Waals surface area contributed by atoms with Gasteiger partial charge in [0, 0.05) is 26.6 Å². The van der Waals surface area contributed by atoms with Crippen LogP contribution in [0.25, 0.3) is 0 Å². The van der Waals surface area contributed by atoms with Gasteiger partial charge in [0.15, 0.2) is 0 Å². The van der Waals surface area contributed by atoms with E-state index in [2.05, 4.69) is 21.5 Å². The van der Waals surface area contributed by atoms with Gasteiger partial charge in [-0.05, 0) is 6.92 Å². The zero-order valence-corrected chi connectivity index (χ0v) is 11.7. The van der Waals surface area contributed by atoms with Crippen molar-refractivity contribution in [2.45, 2.75) is 19.9 Å². The van der Waals surface area contributed by atoms with Gasteiger partial charge in [0.25, 0.3) is 0 Å². The summed E-state index contributed by atoms with van der Waals surface area (Å²) >= 11 is 0. The minimum absolute atomic E-state index is 0.00377. The van der Waals surface area contributed by atoms with E-state index in [-0.39, 0.29) is 24.2 Å². The second-order valence-electron chi connectivity index (χ2n) is 4.98. The Labute approximate surface area is 117 Å². The van der Waals surface area contributed by atoms with Crippen LogP contribution in [0.15, 0.2) is 17.3 Å². The summed E-state index contributed by atoms with van der Waals surface area (Å²) in [4.78, 5) is 27.3. The molecule has 0 bridgehead atoms. The molecule has 1 atom stereocenters. The summed E-state index contributed by atoms with van der Waals surface area (Å²) in [6.07, 6.45) is 1.92. The minimum Gasteiger partial charge on any atom is -0.339 e. The Morgan fingerprint density at radius 3 is 2.95 bits per heavy atom. The summed E-state index contributed by atoms with van der Waals surface area (Å²) in [6.45, 7) is 6.65. The van der Waals surface area contributed by atoms with Crippen molar-refractivity contribution < 1.29 is 14.2 Å². The molecule has 1 aliphatic rings. The van der Waals surface area contributed by atoms with Crippen LogP contribution >= 0.6 is 0 Å². The van der Waals surface area contributed by atoms with E-state index in [1.165, 1.54) is 0 Å². The summed E-state index contributed by atoms with van der Waals surface area (Å²) in [5.41, 5.74) is 1.30. The summed E-state index contributed by atoms with van der Waals surface area (Å²) in [5, 5.41) is 7.43. The zero-order valence-electron chi connectivity index (χ0n) is 11.7. The van der Waals surface area contributed by atoms with E-state index >= 15 is 0 Å². The lowest BCUT2D eigenvalue weighted by Gasteiger charge is -2.20. The Bertz CT molecular complexity index is 525. The van der Waals surface area contributed by atoms with Crippen LogP contribution in [0.4, 0.5) is 0 Å². The molecule has 7 nitrogen and oxygen atoms in total. The number of amides is 2. The number of carbonyl (C=O) groups excluding carboxylic acids is 2. The molecule has 2 rings (SSSR count). The lowest BCUT2D eigenvalue weighted by Crippen LogP contribution is -2.34. The highest BCUT2D eigenvalue weighted by atomic mass is 16.6. The lowest BCUT2D eigenvalue weighted by molar-refractivity contribution is -0.135. The maximum Gasteiger partial charge on any atom is 0.228 e. The van der Waals surface area contributed by atoms with Crippen LogP contribution in [0.3, 0.4) is 0 Å². The Morgan fingerprint density at radius 1 is 1.60 bits per heavy atom. The van der Waals surface area contributed by atoms with Gasteiger partial charge in [0.05, 0.1) is 12.5 Å². The Balaban J connectivity index is 1.96. The molecule has 0 radical (unpaired) electrons. The van der Waals surface area contributed by atoms with Gasteiger partial charge in [-0.2, -0.15) is 0 Å². The standard InChI is InChI=1S/C13H18N4O3/c1-4-5-17-7-10(6-12(17)18)13(19)16(3)8-11-9(2)14-20-15-11/h4,10H,1,5-8H2,2-3H3/t10-/m1/s1. The molecule has 1 aromatic rings. The maximum absolute atomic E-state index is 12.3. The molecule has 0 aromatic carbocycles. The molecular formula is C13H18N4O3. The Morgan fingerprint density at radius 2 is 2.35 bits per heavy atom. The van der Waals surface area contributed by atoms with Crippen LogP contribution in [0.5, 0.6) is 0 Å². The molecule has 7 heteroatoms. The molecule has 0 saturated carbocycles. The minimum atomic E-state index is -0.299. The van der Waals surface area contributed by atoms with Crippen molar-refractivity contribution in [3.05, 3.63) is 24.0 Å². The molecule has 0 unspecified atom stereocenters. The van der Waals surface area contributed by atoms with Crippen LogP contribution in [0, 0.1) is 12.8 Å². The van der Waals surface area contributed by atoms with Crippen LogP contribution in [0.1, 0.15) is 17.8 Å². The first-order valence-corrected chi connectivity index (χ1v) is 6.44. The number of aryl methyl sites for hydroxylation is 1. The fraction of sp³-hybridized carbons (Fsp3) is 0.538. The van der Waals surface area contributed by atoms with Crippen molar-refractivity contribution in [1.82, 2.24) is 20.1 Å². The molecule has 108 valence electrons. The predicted molar refractivity (Wildman–Crippen MR) is 70.4 cm³/mol. The molecule has 2 amide bonds. The number of hydrogen-bond donors (Lipinski definition) is 0. The number of rotatable bonds is 5. The highest BCUT2D eigenvalue weighted by Gasteiger charge is 2.35. The van der Waals surface area contributed by atoms with Gasteiger partial charge < -0.3 is 9.80 Å². The summed E-state index contributed by atoms with van der Waals surface area (Å²) in [7, 11) is 1.69. The van der Waals surface area contributed by atoms with Crippen LogP contribution in [0.2, 0.25) is 0 Å². The SMILES string of the molecule is C=CCN1C[C@H](C(=O)N(C)Cc2nonc2C)CC1=O. The number of aromatic nitrogens is 2.